The number of pyridine rings is 2. The van der Waals surface area contributed by atoms with Crippen LogP contribution >= 0.6 is 0 Å². The van der Waals surface area contributed by atoms with Crippen molar-refractivity contribution in [1.29, 1.82) is 0 Å². The molecule has 2 N–H and O–H groups in total. The van der Waals surface area contributed by atoms with E-state index in [0.717, 1.165) is 27.7 Å². The van der Waals surface area contributed by atoms with Gasteiger partial charge in [0.2, 0.25) is 0 Å². The maximum atomic E-state index is 11.8. The van der Waals surface area contributed by atoms with Gasteiger partial charge in [0.25, 0.3) is 0 Å². The molecule has 0 aliphatic heterocycles. The molecule has 3 aromatic heterocycles. The number of fused-ring (bicyclic) bond motifs is 1. The van der Waals surface area contributed by atoms with E-state index in [1.807, 2.05) is 37.3 Å². The lowest BCUT2D eigenvalue weighted by Gasteiger charge is -2.13. The Labute approximate surface area is 161 Å². The highest BCUT2D eigenvalue weighted by Gasteiger charge is 2.23. The lowest BCUT2D eigenvalue weighted by Crippen LogP contribution is -2.09. The maximum Gasteiger partial charge on any atom is 0.356 e. The molecular formula is C22H19N3O3. The van der Waals surface area contributed by atoms with Crippen molar-refractivity contribution < 1.29 is 14.6 Å². The number of methoxy groups -OCH3 is 1. The van der Waals surface area contributed by atoms with E-state index in [4.69, 9.17) is 4.74 Å². The van der Waals surface area contributed by atoms with Crippen LogP contribution in [0.2, 0.25) is 0 Å². The second kappa shape index (κ2) is 7.25. The molecule has 6 heteroatoms. The van der Waals surface area contributed by atoms with Gasteiger partial charge in [0.05, 0.1) is 18.5 Å². The molecule has 0 spiro atoms. The van der Waals surface area contributed by atoms with E-state index < -0.39 is 12.1 Å². The van der Waals surface area contributed by atoms with Gasteiger partial charge in [0.1, 0.15) is 11.8 Å². The van der Waals surface area contributed by atoms with Crippen LogP contribution in [0.3, 0.4) is 0 Å². The number of carbonyl (C=O) groups excluding carboxylic acids is 1. The third kappa shape index (κ3) is 3.14. The summed E-state index contributed by atoms with van der Waals surface area (Å²) >= 11 is 0. The van der Waals surface area contributed by atoms with Gasteiger partial charge in [0.15, 0.2) is 0 Å². The number of nitrogens with zero attached hydrogens (tertiary/aromatic N) is 2. The number of benzene rings is 1. The first-order valence-corrected chi connectivity index (χ1v) is 8.84. The molecule has 4 aromatic rings. The molecule has 0 aliphatic carbocycles. The summed E-state index contributed by atoms with van der Waals surface area (Å²) in [6.45, 7) is 2.02. The second-order valence-electron chi connectivity index (χ2n) is 6.55. The molecule has 28 heavy (non-hydrogen) atoms. The molecule has 0 aliphatic rings. The van der Waals surface area contributed by atoms with Crippen molar-refractivity contribution in [1.82, 2.24) is 15.0 Å². The molecule has 1 aromatic carbocycles. The Morgan fingerprint density at radius 1 is 1.18 bits per heavy atom. The molecule has 140 valence electrons. The first kappa shape index (κ1) is 17.9. The zero-order valence-corrected chi connectivity index (χ0v) is 15.5. The van der Waals surface area contributed by atoms with Gasteiger partial charge in [-0.05, 0) is 42.8 Å². The number of carbonyl (C=O) groups is 1. The SMILES string of the molecule is COC(=O)c1cccc(C(O)c2c(-c3cccnc3)[nH]c3cc(C)ccc23)n1. The maximum absolute atomic E-state index is 11.8. The average molecular weight is 373 g/mol. The number of rotatable bonds is 4. The Balaban J connectivity index is 1.91. The highest BCUT2D eigenvalue weighted by molar-refractivity contribution is 5.92. The molecule has 1 atom stereocenters. The van der Waals surface area contributed by atoms with E-state index in [1.165, 1.54) is 7.11 Å². The smallest absolute Gasteiger partial charge is 0.356 e. The Kier molecular flexibility index (Phi) is 4.63. The highest BCUT2D eigenvalue weighted by Crippen LogP contribution is 2.37. The summed E-state index contributed by atoms with van der Waals surface area (Å²) in [5.41, 5.74) is 4.86. The van der Waals surface area contributed by atoms with Gasteiger partial charge in [-0.3, -0.25) is 4.98 Å². The minimum Gasteiger partial charge on any atom is -0.464 e. The van der Waals surface area contributed by atoms with Crippen molar-refractivity contribution in [2.45, 2.75) is 13.0 Å². The summed E-state index contributed by atoms with van der Waals surface area (Å²) in [4.78, 5) is 23.7. The fourth-order valence-electron chi connectivity index (χ4n) is 3.33. The normalized spacial score (nSPS) is 12.1. The average Bonchev–Trinajstić information content (AvgIpc) is 3.11. The lowest BCUT2D eigenvalue weighted by molar-refractivity contribution is 0.0593. The number of aliphatic hydroxyl groups excluding tert-OH is 1. The largest absolute Gasteiger partial charge is 0.464 e. The minimum atomic E-state index is -1.03. The Morgan fingerprint density at radius 2 is 2.04 bits per heavy atom. The standard InChI is InChI=1S/C22H19N3O3/c1-13-8-9-15-18(11-13)25-20(14-5-4-10-23-12-14)19(15)21(26)16-6-3-7-17(24-16)22(27)28-2/h3-12,21,25-26H,1-2H3. The number of aryl methyl sites for hydroxylation is 1. The van der Waals surface area contributed by atoms with Gasteiger partial charge in [0, 0.05) is 34.4 Å². The number of esters is 1. The van der Waals surface area contributed by atoms with Crippen molar-refractivity contribution in [2.75, 3.05) is 7.11 Å². The van der Waals surface area contributed by atoms with E-state index in [2.05, 4.69) is 15.0 Å². The molecule has 6 nitrogen and oxygen atoms in total. The van der Waals surface area contributed by atoms with Crippen molar-refractivity contribution in [3.05, 3.63) is 83.4 Å². The van der Waals surface area contributed by atoms with Crippen LogP contribution in [0.25, 0.3) is 22.2 Å². The third-order valence-corrected chi connectivity index (χ3v) is 4.66. The van der Waals surface area contributed by atoms with E-state index in [1.54, 1.807) is 30.6 Å². The summed E-state index contributed by atoms with van der Waals surface area (Å²) in [6.07, 6.45) is 2.41. The van der Waals surface area contributed by atoms with Crippen LogP contribution in [0.15, 0.2) is 60.9 Å². The third-order valence-electron chi connectivity index (χ3n) is 4.66. The molecule has 1 unspecified atom stereocenters. The van der Waals surface area contributed by atoms with Crippen LogP contribution in [-0.4, -0.2) is 33.1 Å². The number of aliphatic hydroxyl groups is 1. The molecule has 3 heterocycles. The molecule has 0 saturated heterocycles. The highest BCUT2D eigenvalue weighted by atomic mass is 16.5. The number of nitrogens with one attached hydrogen (secondary N) is 1. The molecule has 0 bridgehead atoms. The summed E-state index contributed by atoms with van der Waals surface area (Å²) in [7, 11) is 1.30. The van der Waals surface area contributed by atoms with Gasteiger partial charge in [-0.15, -0.1) is 0 Å². The van der Waals surface area contributed by atoms with Gasteiger partial charge in [-0.2, -0.15) is 0 Å². The van der Waals surface area contributed by atoms with Crippen LogP contribution in [0.4, 0.5) is 0 Å². The van der Waals surface area contributed by atoms with E-state index >= 15 is 0 Å². The first-order chi connectivity index (χ1) is 13.6. The number of aromatic amines is 1. The molecular weight excluding hydrogens is 354 g/mol. The summed E-state index contributed by atoms with van der Waals surface area (Å²) < 4.78 is 4.74. The fourth-order valence-corrected chi connectivity index (χ4v) is 3.33. The van der Waals surface area contributed by atoms with Crippen molar-refractivity contribution in [3.63, 3.8) is 0 Å². The first-order valence-electron chi connectivity index (χ1n) is 8.84. The van der Waals surface area contributed by atoms with Crippen LogP contribution in [0.1, 0.15) is 33.4 Å². The van der Waals surface area contributed by atoms with E-state index in [9.17, 15) is 9.90 Å². The van der Waals surface area contributed by atoms with Crippen molar-refractivity contribution in [3.8, 4) is 11.3 Å². The zero-order chi connectivity index (χ0) is 19.7. The summed E-state index contributed by atoms with van der Waals surface area (Å²) in [5.74, 6) is -0.545. The zero-order valence-electron chi connectivity index (χ0n) is 15.5. The van der Waals surface area contributed by atoms with Crippen molar-refractivity contribution >= 4 is 16.9 Å². The molecule has 0 fully saturated rings. The van der Waals surface area contributed by atoms with E-state index in [0.29, 0.717) is 11.3 Å². The predicted octanol–water partition coefficient (Wildman–Crippen LogP) is 3.80. The summed E-state index contributed by atoms with van der Waals surface area (Å²) in [6, 6.07) is 14.7. The monoisotopic (exact) mass is 373 g/mol. The van der Waals surface area contributed by atoms with Crippen molar-refractivity contribution in [2.24, 2.45) is 0 Å². The van der Waals surface area contributed by atoms with Crippen LogP contribution in [0.5, 0.6) is 0 Å². The van der Waals surface area contributed by atoms with Gasteiger partial charge in [-0.1, -0.05) is 18.2 Å². The van der Waals surface area contributed by atoms with Crippen LogP contribution in [-0.2, 0) is 4.74 Å². The number of H-pyrrole nitrogens is 1. The number of hydrogen-bond donors (Lipinski definition) is 2. The molecule has 4 rings (SSSR count). The quantitative estimate of drug-likeness (QED) is 0.531. The molecule has 0 amide bonds. The van der Waals surface area contributed by atoms with Gasteiger partial charge >= 0.3 is 5.97 Å². The number of ether oxygens (including phenoxy) is 1. The van der Waals surface area contributed by atoms with E-state index in [-0.39, 0.29) is 5.69 Å². The minimum absolute atomic E-state index is 0.151. The van der Waals surface area contributed by atoms with Gasteiger partial charge < -0.3 is 14.8 Å². The Morgan fingerprint density at radius 3 is 2.79 bits per heavy atom. The number of hydrogen-bond acceptors (Lipinski definition) is 5. The number of aromatic nitrogens is 3. The lowest BCUT2D eigenvalue weighted by atomic mass is 9.98. The molecule has 0 saturated carbocycles. The summed E-state index contributed by atoms with van der Waals surface area (Å²) in [5, 5.41) is 12.1. The topological polar surface area (TPSA) is 88.1 Å². The van der Waals surface area contributed by atoms with Crippen LogP contribution in [0, 0.1) is 6.92 Å². The predicted molar refractivity (Wildman–Crippen MR) is 106 cm³/mol. The Bertz CT molecular complexity index is 1150. The molecule has 0 radical (unpaired) electrons. The van der Waals surface area contributed by atoms with Crippen LogP contribution < -0.4 is 0 Å². The fraction of sp³-hybridized carbons (Fsp3) is 0.136. The Hall–Kier alpha value is -3.51. The second-order valence-corrected chi connectivity index (χ2v) is 6.55. The van der Waals surface area contributed by atoms with Gasteiger partial charge in [-0.25, -0.2) is 9.78 Å².